The van der Waals surface area contributed by atoms with E-state index in [4.69, 9.17) is 4.74 Å². The molecule has 0 amide bonds. The van der Waals surface area contributed by atoms with Gasteiger partial charge in [0.1, 0.15) is 6.04 Å². The van der Waals surface area contributed by atoms with Crippen molar-refractivity contribution in [2.24, 2.45) is 0 Å². The van der Waals surface area contributed by atoms with Gasteiger partial charge in [-0.3, -0.25) is 4.79 Å². The highest BCUT2D eigenvalue weighted by Crippen LogP contribution is 1.95. The molecule has 0 aromatic heterocycles. The van der Waals surface area contributed by atoms with E-state index in [9.17, 15) is 4.79 Å². The zero-order valence-electron chi connectivity index (χ0n) is 9.59. The van der Waals surface area contributed by atoms with Crippen molar-refractivity contribution in [2.45, 2.75) is 40.2 Å². The summed E-state index contributed by atoms with van der Waals surface area (Å²) in [6, 6.07) is -0.175. The second-order valence-corrected chi connectivity index (χ2v) is 3.40. The molecule has 1 N–H and O–H groups in total. The monoisotopic (exact) mass is 199 g/mol. The zero-order valence-corrected chi connectivity index (χ0v) is 9.59. The third-order valence-corrected chi connectivity index (χ3v) is 1.85. The van der Waals surface area contributed by atoms with Crippen LogP contribution in [-0.4, -0.2) is 25.2 Å². The molecule has 0 aliphatic carbocycles. The maximum atomic E-state index is 11.3. The highest BCUT2D eigenvalue weighted by Gasteiger charge is 2.15. The molecule has 82 valence electrons. The number of allylic oxidation sites excluding steroid dienone is 1. The second-order valence-electron chi connectivity index (χ2n) is 3.40. The number of hydrogen-bond donors (Lipinski definition) is 1. The van der Waals surface area contributed by atoms with Crippen LogP contribution in [0.15, 0.2) is 11.6 Å². The SMILES string of the molecule is CCOC(=O)C(CC)NCC=C(C)C. The van der Waals surface area contributed by atoms with E-state index >= 15 is 0 Å². The third-order valence-electron chi connectivity index (χ3n) is 1.85. The van der Waals surface area contributed by atoms with E-state index < -0.39 is 0 Å². The Labute approximate surface area is 86.5 Å². The van der Waals surface area contributed by atoms with Gasteiger partial charge < -0.3 is 10.1 Å². The van der Waals surface area contributed by atoms with Crippen LogP contribution in [0, 0.1) is 0 Å². The van der Waals surface area contributed by atoms with E-state index in [0.717, 1.165) is 13.0 Å². The molecule has 0 bridgehead atoms. The van der Waals surface area contributed by atoms with Gasteiger partial charge in [0.2, 0.25) is 0 Å². The lowest BCUT2D eigenvalue weighted by Gasteiger charge is -2.13. The predicted octanol–water partition coefficient (Wildman–Crippen LogP) is 1.88. The fraction of sp³-hybridized carbons (Fsp3) is 0.727. The van der Waals surface area contributed by atoms with Gasteiger partial charge in [-0.15, -0.1) is 0 Å². The van der Waals surface area contributed by atoms with Gasteiger partial charge in [0.25, 0.3) is 0 Å². The van der Waals surface area contributed by atoms with E-state index in [1.54, 1.807) is 0 Å². The standard InChI is InChI=1S/C11H21NO2/c1-5-10(11(13)14-6-2)12-8-7-9(3)4/h7,10,12H,5-6,8H2,1-4H3. The van der Waals surface area contributed by atoms with Gasteiger partial charge in [0.15, 0.2) is 0 Å². The van der Waals surface area contributed by atoms with Gasteiger partial charge in [-0.1, -0.05) is 18.6 Å². The fourth-order valence-corrected chi connectivity index (χ4v) is 1.04. The number of nitrogens with one attached hydrogen (secondary N) is 1. The van der Waals surface area contributed by atoms with Crippen molar-refractivity contribution in [3.63, 3.8) is 0 Å². The average molecular weight is 199 g/mol. The molecule has 3 heteroatoms. The summed E-state index contributed by atoms with van der Waals surface area (Å²) in [5.41, 5.74) is 1.25. The maximum Gasteiger partial charge on any atom is 0.323 e. The molecule has 0 rings (SSSR count). The summed E-state index contributed by atoms with van der Waals surface area (Å²) in [5.74, 6) is -0.155. The highest BCUT2D eigenvalue weighted by molar-refractivity contribution is 5.75. The minimum atomic E-state index is -0.175. The van der Waals surface area contributed by atoms with Gasteiger partial charge in [0, 0.05) is 6.54 Å². The molecule has 0 radical (unpaired) electrons. The first kappa shape index (κ1) is 13.2. The first-order valence-electron chi connectivity index (χ1n) is 5.15. The van der Waals surface area contributed by atoms with Crippen LogP contribution in [0.3, 0.4) is 0 Å². The van der Waals surface area contributed by atoms with Crippen LogP contribution in [-0.2, 0) is 9.53 Å². The number of ether oxygens (including phenoxy) is 1. The summed E-state index contributed by atoms with van der Waals surface area (Å²) in [6.45, 7) is 9.02. The zero-order chi connectivity index (χ0) is 11.0. The first-order valence-corrected chi connectivity index (χ1v) is 5.15. The minimum Gasteiger partial charge on any atom is -0.465 e. The quantitative estimate of drug-likeness (QED) is 0.524. The van der Waals surface area contributed by atoms with Crippen molar-refractivity contribution in [1.29, 1.82) is 0 Å². The number of rotatable bonds is 6. The van der Waals surface area contributed by atoms with Gasteiger partial charge in [0.05, 0.1) is 6.61 Å². The predicted molar refractivity (Wildman–Crippen MR) is 58.1 cm³/mol. The van der Waals surface area contributed by atoms with Crippen LogP contribution in [0.2, 0.25) is 0 Å². The van der Waals surface area contributed by atoms with Crippen LogP contribution >= 0.6 is 0 Å². The lowest BCUT2D eigenvalue weighted by molar-refractivity contribution is -0.145. The van der Waals surface area contributed by atoms with E-state index in [0.29, 0.717) is 6.61 Å². The maximum absolute atomic E-state index is 11.3. The van der Waals surface area contributed by atoms with Gasteiger partial charge in [-0.2, -0.15) is 0 Å². The normalized spacial score (nSPS) is 12.0. The summed E-state index contributed by atoms with van der Waals surface area (Å²) in [7, 11) is 0. The minimum absolute atomic E-state index is 0.155. The summed E-state index contributed by atoms with van der Waals surface area (Å²) < 4.78 is 4.93. The van der Waals surface area contributed by atoms with E-state index in [2.05, 4.69) is 11.4 Å². The van der Waals surface area contributed by atoms with E-state index in [1.807, 2.05) is 27.7 Å². The molecule has 0 aliphatic heterocycles. The Kier molecular flexibility index (Phi) is 7.11. The van der Waals surface area contributed by atoms with Crippen molar-refractivity contribution in [1.82, 2.24) is 5.32 Å². The number of hydrogen-bond acceptors (Lipinski definition) is 3. The Morgan fingerprint density at radius 2 is 2.07 bits per heavy atom. The van der Waals surface area contributed by atoms with Crippen molar-refractivity contribution in [3.05, 3.63) is 11.6 Å². The molecule has 0 saturated heterocycles. The molecule has 0 aliphatic rings. The average Bonchev–Trinajstić information content (AvgIpc) is 2.12. The number of esters is 1. The Morgan fingerprint density at radius 1 is 1.43 bits per heavy atom. The molecule has 0 saturated carbocycles. The molecule has 14 heavy (non-hydrogen) atoms. The topological polar surface area (TPSA) is 38.3 Å². The fourth-order valence-electron chi connectivity index (χ4n) is 1.04. The molecular weight excluding hydrogens is 178 g/mol. The van der Waals surface area contributed by atoms with Gasteiger partial charge in [-0.05, 0) is 27.2 Å². The third kappa shape index (κ3) is 5.75. The van der Waals surface area contributed by atoms with Crippen LogP contribution in [0.1, 0.15) is 34.1 Å². The van der Waals surface area contributed by atoms with Gasteiger partial charge >= 0.3 is 5.97 Å². The number of carbonyl (C=O) groups excluding carboxylic acids is 1. The van der Waals surface area contributed by atoms with Crippen molar-refractivity contribution >= 4 is 5.97 Å². The molecule has 0 aromatic carbocycles. The van der Waals surface area contributed by atoms with Crippen molar-refractivity contribution in [2.75, 3.05) is 13.2 Å². The number of carbonyl (C=O) groups is 1. The Morgan fingerprint density at radius 3 is 2.50 bits per heavy atom. The summed E-state index contributed by atoms with van der Waals surface area (Å²) in [6.07, 6.45) is 2.82. The molecule has 0 fully saturated rings. The highest BCUT2D eigenvalue weighted by atomic mass is 16.5. The molecule has 1 unspecified atom stereocenters. The summed E-state index contributed by atoms with van der Waals surface area (Å²) in [4.78, 5) is 11.3. The van der Waals surface area contributed by atoms with Crippen molar-refractivity contribution in [3.8, 4) is 0 Å². The molecule has 0 heterocycles. The van der Waals surface area contributed by atoms with Crippen LogP contribution in [0.25, 0.3) is 0 Å². The van der Waals surface area contributed by atoms with Crippen molar-refractivity contribution < 1.29 is 9.53 Å². The van der Waals surface area contributed by atoms with E-state index in [1.165, 1.54) is 5.57 Å². The Hall–Kier alpha value is -0.830. The van der Waals surface area contributed by atoms with Crippen LogP contribution in [0.4, 0.5) is 0 Å². The van der Waals surface area contributed by atoms with Gasteiger partial charge in [-0.25, -0.2) is 0 Å². The molecule has 3 nitrogen and oxygen atoms in total. The molecular formula is C11H21NO2. The van der Waals surface area contributed by atoms with E-state index in [-0.39, 0.29) is 12.0 Å². The summed E-state index contributed by atoms with van der Waals surface area (Å²) >= 11 is 0. The molecule has 0 spiro atoms. The largest absolute Gasteiger partial charge is 0.465 e. The molecule has 0 aromatic rings. The lowest BCUT2D eigenvalue weighted by Crippen LogP contribution is -2.37. The Balaban J connectivity index is 3.90. The summed E-state index contributed by atoms with van der Waals surface area (Å²) in [5, 5.41) is 3.13. The first-order chi connectivity index (χ1) is 6.61. The second kappa shape index (κ2) is 7.56. The van der Waals surface area contributed by atoms with Crippen LogP contribution < -0.4 is 5.32 Å². The Bertz CT molecular complexity index is 195. The van der Waals surface area contributed by atoms with Crippen LogP contribution in [0.5, 0.6) is 0 Å². The smallest absolute Gasteiger partial charge is 0.323 e. The molecule has 1 atom stereocenters. The lowest BCUT2D eigenvalue weighted by atomic mass is 10.2.